The molecule has 0 atom stereocenters. The third kappa shape index (κ3) is 4.60. The van der Waals surface area contributed by atoms with E-state index in [1.807, 2.05) is 84.9 Å². The zero-order valence-corrected chi connectivity index (χ0v) is 21.4. The summed E-state index contributed by atoms with van der Waals surface area (Å²) < 4.78 is 6.19. The van der Waals surface area contributed by atoms with Crippen LogP contribution in [-0.4, -0.2) is 15.1 Å². The molecule has 0 radical (unpaired) electrons. The molecule has 178 valence electrons. The monoisotopic (exact) mass is 648 g/mol. The first kappa shape index (κ1) is 23.7. The molecule has 0 aliphatic heterocycles. The number of hydrogen-bond donors (Lipinski definition) is 1. The van der Waals surface area contributed by atoms with Crippen molar-refractivity contribution in [2.24, 2.45) is 0 Å². The van der Waals surface area contributed by atoms with Gasteiger partial charge in [-0.05, 0) is 35.7 Å². The summed E-state index contributed by atoms with van der Waals surface area (Å²) in [5, 5.41) is 10.8. The molecule has 0 spiro atoms. The van der Waals surface area contributed by atoms with Crippen molar-refractivity contribution in [3.8, 4) is 39.6 Å². The first-order chi connectivity index (χ1) is 17.3. The van der Waals surface area contributed by atoms with Gasteiger partial charge in [0.15, 0.2) is 0 Å². The number of fused-ring (bicyclic) bond motifs is 1. The van der Waals surface area contributed by atoms with Crippen LogP contribution in [0.1, 0.15) is 11.1 Å². The fourth-order valence-electron chi connectivity index (χ4n) is 4.37. The minimum absolute atomic E-state index is 0. The quantitative estimate of drug-likeness (QED) is 0.199. The van der Waals surface area contributed by atoms with Crippen molar-refractivity contribution in [1.82, 2.24) is 9.97 Å². The zero-order chi connectivity index (χ0) is 23.6. The molecule has 6 rings (SSSR count). The van der Waals surface area contributed by atoms with Crippen molar-refractivity contribution >= 4 is 11.1 Å². The minimum atomic E-state index is 0. The molecule has 0 saturated heterocycles. The molecule has 0 unspecified atom stereocenters. The van der Waals surface area contributed by atoms with Gasteiger partial charge in [-0.2, -0.15) is 0 Å². The standard InChI is InChI=1S/C31H21N2O2.Pt/c34-27-16-7-13-24(19-21-9-2-1-3-10-21)29(27)31-33-30-25(14-8-17-28(30)35-31)22-11-6-12-23(20-22)26-15-4-5-18-32-26;/h1-18,34H,19H2;/q-1;. The van der Waals surface area contributed by atoms with Gasteiger partial charge in [0, 0.05) is 33.0 Å². The van der Waals surface area contributed by atoms with Gasteiger partial charge < -0.3 is 9.52 Å². The number of pyridine rings is 1. The second-order valence-corrected chi connectivity index (χ2v) is 8.34. The normalized spacial score (nSPS) is 10.8. The average Bonchev–Trinajstić information content (AvgIpc) is 3.34. The molecule has 2 heterocycles. The maximum atomic E-state index is 10.8. The first-order valence-corrected chi connectivity index (χ1v) is 11.4. The average molecular weight is 649 g/mol. The van der Waals surface area contributed by atoms with Crippen LogP contribution >= 0.6 is 0 Å². The summed E-state index contributed by atoms with van der Waals surface area (Å²) in [6.45, 7) is 0. The van der Waals surface area contributed by atoms with Crippen molar-refractivity contribution < 1.29 is 30.6 Å². The largest absolute Gasteiger partial charge is 0.507 e. The van der Waals surface area contributed by atoms with Gasteiger partial charge >= 0.3 is 0 Å². The van der Waals surface area contributed by atoms with E-state index in [0.29, 0.717) is 23.5 Å². The van der Waals surface area contributed by atoms with E-state index in [-0.39, 0.29) is 26.8 Å². The maximum absolute atomic E-state index is 10.8. The van der Waals surface area contributed by atoms with Crippen molar-refractivity contribution in [1.29, 1.82) is 0 Å². The van der Waals surface area contributed by atoms with Crippen LogP contribution in [-0.2, 0) is 27.5 Å². The van der Waals surface area contributed by atoms with Gasteiger partial charge in [-0.15, -0.1) is 29.8 Å². The number of phenols is 1. The summed E-state index contributed by atoms with van der Waals surface area (Å²) >= 11 is 0. The van der Waals surface area contributed by atoms with Crippen LogP contribution in [0.4, 0.5) is 0 Å². The van der Waals surface area contributed by atoms with Crippen LogP contribution in [0.2, 0.25) is 0 Å². The second kappa shape index (κ2) is 10.3. The van der Waals surface area contributed by atoms with Crippen LogP contribution in [0.25, 0.3) is 44.9 Å². The minimum Gasteiger partial charge on any atom is -0.507 e. The van der Waals surface area contributed by atoms with Crippen LogP contribution in [0.5, 0.6) is 5.75 Å². The molecule has 1 N–H and O–H groups in total. The molecular weight excluding hydrogens is 627 g/mol. The van der Waals surface area contributed by atoms with Crippen LogP contribution in [0.3, 0.4) is 0 Å². The van der Waals surface area contributed by atoms with E-state index in [1.165, 1.54) is 0 Å². The predicted octanol–water partition coefficient (Wildman–Crippen LogP) is 7.32. The molecule has 4 nitrogen and oxygen atoms in total. The number of benzene rings is 4. The van der Waals surface area contributed by atoms with Gasteiger partial charge in [-0.1, -0.05) is 77.9 Å². The Kier molecular flexibility index (Phi) is 6.79. The number of phenolic OH excluding ortho intramolecular Hbond substituents is 1. The summed E-state index contributed by atoms with van der Waals surface area (Å²) in [5.74, 6) is 0.549. The Morgan fingerprint density at radius 3 is 2.36 bits per heavy atom. The van der Waals surface area contributed by atoms with E-state index in [0.717, 1.165) is 39.0 Å². The van der Waals surface area contributed by atoms with E-state index < -0.39 is 0 Å². The summed E-state index contributed by atoms with van der Waals surface area (Å²) in [7, 11) is 0. The molecule has 36 heavy (non-hydrogen) atoms. The number of nitrogens with zero attached hydrogens (tertiary/aromatic N) is 2. The Hall–Kier alpha value is -4.01. The number of oxazole rings is 1. The molecule has 0 aliphatic carbocycles. The number of aromatic nitrogens is 2. The van der Waals surface area contributed by atoms with E-state index in [2.05, 4.69) is 23.2 Å². The van der Waals surface area contributed by atoms with Crippen molar-refractivity contribution in [3.63, 3.8) is 0 Å². The van der Waals surface area contributed by atoms with Gasteiger partial charge in [0.2, 0.25) is 5.89 Å². The van der Waals surface area contributed by atoms with Crippen LogP contribution < -0.4 is 0 Å². The van der Waals surface area contributed by atoms with Crippen molar-refractivity contribution in [2.45, 2.75) is 6.42 Å². The molecule has 4 aromatic carbocycles. The van der Waals surface area contributed by atoms with E-state index in [4.69, 9.17) is 9.40 Å². The molecule has 0 bridgehead atoms. The van der Waals surface area contributed by atoms with Crippen molar-refractivity contribution in [2.75, 3.05) is 0 Å². The number of hydrogen-bond acceptors (Lipinski definition) is 4. The third-order valence-electron chi connectivity index (χ3n) is 6.03. The molecule has 2 aromatic heterocycles. The van der Waals surface area contributed by atoms with Crippen LogP contribution in [0.15, 0.2) is 114 Å². The van der Waals surface area contributed by atoms with Crippen molar-refractivity contribution in [3.05, 3.63) is 127 Å². The molecule has 6 aromatic rings. The third-order valence-corrected chi connectivity index (χ3v) is 6.03. The molecule has 0 aliphatic rings. The van der Waals surface area contributed by atoms with Gasteiger partial charge in [0.25, 0.3) is 0 Å². The SMILES string of the molecule is Oc1cccc(Cc2ccccc2)c1-c1nc2c(-c3[c-]c(-c4ccccn4)ccc3)cccc2o1.[Pt]. The second-order valence-electron chi connectivity index (χ2n) is 8.34. The summed E-state index contributed by atoms with van der Waals surface area (Å²) in [5.41, 5.74) is 7.69. The van der Waals surface area contributed by atoms with Gasteiger partial charge in [0.1, 0.15) is 11.3 Å². The summed E-state index contributed by atoms with van der Waals surface area (Å²) in [4.78, 5) is 9.31. The molecule has 0 amide bonds. The smallest absolute Gasteiger partial charge is 0.230 e. The molecule has 0 fully saturated rings. The predicted molar refractivity (Wildman–Crippen MR) is 138 cm³/mol. The van der Waals surface area contributed by atoms with Gasteiger partial charge in [0.05, 0.1) is 11.1 Å². The Balaban J connectivity index is 0.00000267. The molecule has 5 heteroatoms. The summed E-state index contributed by atoms with van der Waals surface area (Å²) in [6, 6.07) is 36.9. The Labute approximate surface area is 223 Å². The fourth-order valence-corrected chi connectivity index (χ4v) is 4.37. The topological polar surface area (TPSA) is 59.2 Å². The number of aromatic hydroxyl groups is 1. The Morgan fingerprint density at radius 2 is 1.53 bits per heavy atom. The Morgan fingerprint density at radius 1 is 0.750 bits per heavy atom. The molecular formula is C31H21N2O2Pt-. The van der Waals surface area contributed by atoms with E-state index >= 15 is 0 Å². The fraction of sp³-hybridized carbons (Fsp3) is 0.0323. The zero-order valence-electron chi connectivity index (χ0n) is 19.2. The first-order valence-electron chi connectivity index (χ1n) is 11.4. The molecule has 0 saturated carbocycles. The van der Waals surface area contributed by atoms with E-state index in [9.17, 15) is 5.11 Å². The summed E-state index contributed by atoms with van der Waals surface area (Å²) in [6.07, 6.45) is 2.44. The number of rotatable bonds is 5. The van der Waals surface area contributed by atoms with Crippen LogP contribution in [0, 0.1) is 6.07 Å². The van der Waals surface area contributed by atoms with Gasteiger partial charge in [-0.25, -0.2) is 4.98 Å². The Bertz CT molecular complexity index is 1630. The maximum Gasteiger partial charge on any atom is 0.230 e. The van der Waals surface area contributed by atoms with E-state index in [1.54, 1.807) is 12.3 Å². The number of para-hydroxylation sites is 1. The van der Waals surface area contributed by atoms with Gasteiger partial charge in [-0.3, -0.25) is 4.98 Å².